The summed E-state index contributed by atoms with van der Waals surface area (Å²) in [4.78, 5) is 1.12. The molecule has 1 aliphatic carbocycles. The Labute approximate surface area is 112 Å². The number of aliphatic hydroxyl groups excluding tert-OH is 1. The van der Waals surface area contributed by atoms with Crippen LogP contribution in [0.2, 0.25) is 5.02 Å². The van der Waals surface area contributed by atoms with E-state index in [1.807, 2.05) is 24.3 Å². The molecule has 17 heavy (non-hydrogen) atoms. The summed E-state index contributed by atoms with van der Waals surface area (Å²) in [6.45, 7) is 0.222. The quantitative estimate of drug-likeness (QED) is 0.748. The van der Waals surface area contributed by atoms with Gasteiger partial charge in [-0.2, -0.15) is 0 Å². The number of hydrogen-bond donors (Lipinski definition) is 2. The summed E-state index contributed by atoms with van der Waals surface area (Å²) in [7, 11) is 0. The normalized spacial score (nSPS) is 17.1. The number of halogens is 1. The van der Waals surface area contributed by atoms with Gasteiger partial charge in [0.1, 0.15) is 0 Å². The fourth-order valence-electron chi connectivity index (χ4n) is 1.68. The van der Waals surface area contributed by atoms with Crippen LogP contribution in [-0.2, 0) is 0 Å². The van der Waals surface area contributed by atoms with Gasteiger partial charge in [0, 0.05) is 17.0 Å². The predicted octanol–water partition coefficient (Wildman–Crippen LogP) is 2.94. The van der Waals surface area contributed by atoms with Crippen LogP contribution in [0.1, 0.15) is 19.3 Å². The third kappa shape index (κ3) is 4.51. The van der Waals surface area contributed by atoms with E-state index >= 15 is 0 Å². The number of benzene rings is 1. The molecule has 1 atom stereocenters. The highest BCUT2D eigenvalue weighted by molar-refractivity contribution is 7.99. The third-order valence-corrected chi connectivity index (χ3v) is 4.38. The molecule has 0 radical (unpaired) electrons. The molecule has 1 fully saturated rings. The average molecular weight is 272 g/mol. The molecule has 1 aromatic rings. The van der Waals surface area contributed by atoms with Crippen LogP contribution in [0, 0.1) is 0 Å². The van der Waals surface area contributed by atoms with Gasteiger partial charge in [-0.25, -0.2) is 0 Å². The Balaban J connectivity index is 1.72. The van der Waals surface area contributed by atoms with E-state index in [1.54, 1.807) is 11.8 Å². The Morgan fingerprint density at radius 3 is 2.82 bits per heavy atom. The second kappa shape index (κ2) is 6.64. The summed E-state index contributed by atoms with van der Waals surface area (Å²) in [6.07, 6.45) is 3.49. The summed E-state index contributed by atoms with van der Waals surface area (Å²) in [5.41, 5.74) is 0. The van der Waals surface area contributed by atoms with E-state index in [0.29, 0.717) is 6.04 Å². The lowest BCUT2D eigenvalue weighted by atomic mass is 10.2. The number of rotatable bonds is 7. The van der Waals surface area contributed by atoms with Gasteiger partial charge in [0.05, 0.1) is 11.6 Å². The Bertz CT molecular complexity index is 357. The molecule has 1 aliphatic rings. The first-order chi connectivity index (χ1) is 8.29. The molecule has 0 aliphatic heterocycles. The molecule has 1 unspecified atom stereocenters. The van der Waals surface area contributed by atoms with Crippen molar-refractivity contribution in [2.24, 2.45) is 0 Å². The molecule has 0 aromatic heterocycles. The van der Waals surface area contributed by atoms with Gasteiger partial charge in [0.2, 0.25) is 0 Å². The monoisotopic (exact) mass is 271 g/mol. The molecule has 2 nitrogen and oxygen atoms in total. The van der Waals surface area contributed by atoms with Crippen LogP contribution >= 0.6 is 23.4 Å². The Morgan fingerprint density at radius 2 is 2.18 bits per heavy atom. The molecule has 0 amide bonds. The van der Waals surface area contributed by atoms with Crippen LogP contribution < -0.4 is 5.32 Å². The topological polar surface area (TPSA) is 32.3 Å². The average Bonchev–Trinajstić information content (AvgIpc) is 3.14. The van der Waals surface area contributed by atoms with E-state index in [2.05, 4.69) is 5.32 Å². The van der Waals surface area contributed by atoms with Crippen molar-refractivity contribution in [3.05, 3.63) is 29.3 Å². The van der Waals surface area contributed by atoms with E-state index in [-0.39, 0.29) is 12.6 Å². The SMILES string of the molecule is OCC(CCSc1ccccc1Cl)NC1CC1. The number of nitrogens with one attached hydrogen (secondary N) is 1. The molecule has 0 saturated heterocycles. The molecule has 94 valence electrons. The minimum atomic E-state index is 0.222. The highest BCUT2D eigenvalue weighted by Crippen LogP contribution is 2.27. The van der Waals surface area contributed by atoms with Gasteiger partial charge in [-0.1, -0.05) is 23.7 Å². The lowest BCUT2D eigenvalue weighted by Gasteiger charge is -2.15. The zero-order valence-electron chi connectivity index (χ0n) is 9.73. The van der Waals surface area contributed by atoms with Crippen molar-refractivity contribution in [3.63, 3.8) is 0 Å². The molecular formula is C13H18ClNOS. The van der Waals surface area contributed by atoms with Crippen molar-refractivity contribution in [1.82, 2.24) is 5.32 Å². The van der Waals surface area contributed by atoms with Crippen LogP contribution in [0.15, 0.2) is 29.2 Å². The second-order valence-corrected chi connectivity index (χ2v) is 5.93. The molecule has 1 aromatic carbocycles. The summed E-state index contributed by atoms with van der Waals surface area (Å²) >= 11 is 7.84. The van der Waals surface area contributed by atoms with Crippen LogP contribution in [-0.4, -0.2) is 29.5 Å². The summed E-state index contributed by atoms with van der Waals surface area (Å²) < 4.78 is 0. The van der Waals surface area contributed by atoms with Crippen molar-refractivity contribution >= 4 is 23.4 Å². The first kappa shape index (κ1) is 13.2. The van der Waals surface area contributed by atoms with Crippen LogP contribution in [0.5, 0.6) is 0 Å². The maximum Gasteiger partial charge on any atom is 0.0585 e. The van der Waals surface area contributed by atoms with Gasteiger partial charge in [0.15, 0.2) is 0 Å². The summed E-state index contributed by atoms with van der Waals surface area (Å²) in [5.74, 6) is 0.981. The molecule has 1 saturated carbocycles. The number of hydrogen-bond acceptors (Lipinski definition) is 3. The smallest absolute Gasteiger partial charge is 0.0585 e. The minimum absolute atomic E-state index is 0.222. The van der Waals surface area contributed by atoms with Gasteiger partial charge in [-0.05, 0) is 37.1 Å². The van der Waals surface area contributed by atoms with Crippen molar-refractivity contribution in [3.8, 4) is 0 Å². The molecule has 2 rings (SSSR count). The zero-order chi connectivity index (χ0) is 12.1. The largest absolute Gasteiger partial charge is 0.395 e. The number of aliphatic hydroxyl groups is 1. The zero-order valence-corrected chi connectivity index (χ0v) is 11.3. The van der Waals surface area contributed by atoms with Gasteiger partial charge < -0.3 is 10.4 Å². The Morgan fingerprint density at radius 1 is 1.41 bits per heavy atom. The van der Waals surface area contributed by atoms with E-state index in [9.17, 15) is 5.11 Å². The third-order valence-electron chi connectivity index (χ3n) is 2.83. The van der Waals surface area contributed by atoms with Gasteiger partial charge in [0.25, 0.3) is 0 Å². The van der Waals surface area contributed by atoms with Gasteiger partial charge in [-0.15, -0.1) is 11.8 Å². The number of thioether (sulfide) groups is 1. The summed E-state index contributed by atoms with van der Waals surface area (Å²) in [6, 6.07) is 8.78. The summed E-state index contributed by atoms with van der Waals surface area (Å²) in [5, 5.41) is 13.5. The molecular weight excluding hydrogens is 254 g/mol. The van der Waals surface area contributed by atoms with Crippen LogP contribution in [0.4, 0.5) is 0 Å². The standard InChI is InChI=1S/C13H18ClNOS/c14-12-3-1-2-4-13(12)17-8-7-11(9-16)15-10-5-6-10/h1-4,10-11,15-16H,5-9H2. The Hall–Kier alpha value is -0.220. The van der Waals surface area contributed by atoms with Gasteiger partial charge >= 0.3 is 0 Å². The van der Waals surface area contributed by atoms with Crippen molar-refractivity contribution < 1.29 is 5.11 Å². The molecule has 4 heteroatoms. The van der Waals surface area contributed by atoms with E-state index in [1.165, 1.54) is 12.8 Å². The fraction of sp³-hybridized carbons (Fsp3) is 0.538. The minimum Gasteiger partial charge on any atom is -0.395 e. The van der Waals surface area contributed by atoms with Crippen molar-refractivity contribution in [2.75, 3.05) is 12.4 Å². The maximum atomic E-state index is 9.26. The van der Waals surface area contributed by atoms with Gasteiger partial charge in [-0.3, -0.25) is 0 Å². The molecule has 0 spiro atoms. The predicted molar refractivity (Wildman–Crippen MR) is 73.8 cm³/mol. The highest BCUT2D eigenvalue weighted by atomic mass is 35.5. The van der Waals surface area contributed by atoms with Crippen molar-refractivity contribution in [2.45, 2.75) is 36.2 Å². The second-order valence-electron chi connectivity index (χ2n) is 4.39. The fourth-order valence-corrected chi connectivity index (χ4v) is 2.99. The molecule has 0 heterocycles. The molecule has 0 bridgehead atoms. The van der Waals surface area contributed by atoms with Crippen LogP contribution in [0.3, 0.4) is 0 Å². The van der Waals surface area contributed by atoms with E-state index in [4.69, 9.17) is 11.6 Å². The van der Waals surface area contributed by atoms with E-state index < -0.39 is 0 Å². The first-order valence-corrected chi connectivity index (χ1v) is 7.40. The highest BCUT2D eigenvalue weighted by Gasteiger charge is 2.23. The Kier molecular flexibility index (Phi) is 5.16. The van der Waals surface area contributed by atoms with Crippen LogP contribution in [0.25, 0.3) is 0 Å². The lowest BCUT2D eigenvalue weighted by Crippen LogP contribution is -2.34. The van der Waals surface area contributed by atoms with E-state index in [0.717, 1.165) is 22.1 Å². The first-order valence-electron chi connectivity index (χ1n) is 6.04. The van der Waals surface area contributed by atoms with Crippen molar-refractivity contribution in [1.29, 1.82) is 0 Å². The lowest BCUT2D eigenvalue weighted by molar-refractivity contribution is 0.239. The maximum absolute atomic E-state index is 9.26. The molecule has 2 N–H and O–H groups in total.